The molecule has 0 amide bonds. The Bertz CT molecular complexity index is 322. The van der Waals surface area contributed by atoms with E-state index in [9.17, 15) is 0 Å². The van der Waals surface area contributed by atoms with Gasteiger partial charge in [0.2, 0.25) is 0 Å². The molecule has 4 nitrogen and oxygen atoms in total. The van der Waals surface area contributed by atoms with Gasteiger partial charge in [0.1, 0.15) is 0 Å². The summed E-state index contributed by atoms with van der Waals surface area (Å²) in [5.41, 5.74) is 1.16. The van der Waals surface area contributed by atoms with Crippen molar-refractivity contribution >= 4 is 0 Å². The third kappa shape index (κ3) is 4.76. The highest BCUT2D eigenvalue weighted by Crippen LogP contribution is 2.18. The maximum atomic E-state index is 6.05. The number of ether oxygens (including phenoxy) is 2. The predicted molar refractivity (Wildman–Crippen MR) is 81.8 cm³/mol. The van der Waals surface area contributed by atoms with Crippen LogP contribution in [0.5, 0.6) is 0 Å². The Kier molecular flexibility index (Phi) is 5.87. The Morgan fingerprint density at radius 2 is 2.00 bits per heavy atom. The molecule has 0 aromatic carbocycles. The standard InChI is InChI=1S/C16H30N2O2/c1-13(2)18-11-15(4)20-16(12-18)6-5-7-17-8-9-19-14(3)10-17/h14-16H,1,5-12H2,2-4H3. The first-order chi connectivity index (χ1) is 9.54. The molecule has 0 N–H and O–H groups in total. The van der Waals surface area contributed by atoms with Gasteiger partial charge < -0.3 is 14.4 Å². The quantitative estimate of drug-likeness (QED) is 0.771. The molecule has 3 atom stereocenters. The summed E-state index contributed by atoms with van der Waals surface area (Å²) >= 11 is 0. The Morgan fingerprint density at radius 1 is 1.20 bits per heavy atom. The lowest BCUT2D eigenvalue weighted by Gasteiger charge is -2.39. The molecular weight excluding hydrogens is 252 g/mol. The first kappa shape index (κ1) is 15.8. The summed E-state index contributed by atoms with van der Waals surface area (Å²) in [6.07, 6.45) is 3.39. The fourth-order valence-corrected chi connectivity index (χ4v) is 3.15. The second-order valence-corrected chi connectivity index (χ2v) is 6.33. The summed E-state index contributed by atoms with van der Waals surface area (Å²) in [5, 5.41) is 0. The lowest BCUT2D eigenvalue weighted by molar-refractivity contribution is -0.0724. The molecule has 4 heteroatoms. The van der Waals surface area contributed by atoms with E-state index in [0.29, 0.717) is 18.3 Å². The zero-order valence-corrected chi connectivity index (χ0v) is 13.3. The number of hydrogen-bond donors (Lipinski definition) is 0. The van der Waals surface area contributed by atoms with Crippen LogP contribution in [0.2, 0.25) is 0 Å². The number of hydrogen-bond acceptors (Lipinski definition) is 4. The van der Waals surface area contributed by atoms with Gasteiger partial charge in [-0.1, -0.05) is 6.58 Å². The van der Waals surface area contributed by atoms with Gasteiger partial charge in [-0.15, -0.1) is 0 Å². The van der Waals surface area contributed by atoms with E-state index < -0.39 is 0 Å². The van der Waals surface area contributed by atoms with Gasteiger partial charge >= 0.3 is 0 Å². The first-order valence-electron chi connectivity index (χ1n) is 7.94. The first-order valence-corrected chi connectivity index (χ1v) is 7.94. The summed E-state index contributed by atoms with van der Waals surface area (Å²) in [5.74, 6) is 0. The van der Waals surface area contributed by atoms with Crippen molar-refractivity contribution in [3.8, 4) is 0 Å². The van der Waals surface area contributed by atoms with E-state index in [1.807, 2.05) is 0 Å². The van der Waals surface area contributed by atoms with Crippen LogP contribution in [0.25, 0.3) is 0 Å². The van der Waals surface area contributed by atoms with Crippen molar-refractivity contribution in [2.75, 3.05) is 39.3 Å². The summed E-state index contributed by atoms with van der Waals surface area (Å²) in [4.78, 5) is 4.87. The molecule has 2 aliphatic rings. The summed E-state index contributed by atoms with van der Waals surface area (Å²) in [7, 11) is 0. The van der Waals surface area contributed by atoms with Gasteiger partial charge in [0.25, 0.3) is 0 Å². The van der Waals surface area contributed by atoms with Crippen molar-refractivity contribution in [2.45, 2.75) is 51.9 Å². The molecule has 2 heterocycles. The molecule has 0 aromatic rings. The zero-order chi connectivity index (χ0) is 14.5. The van der Waals surface area contributed by atoms with Crippen molar-refractivity contribution in [1.29, 1.82) is 0 Å². The molecule has 0 radical (unpaired) electrons. The molecule has 0 aromatic heterocycles. The van der Waals surface area contributed by atoms with Crippen LogP contribution in [0.15, 0.2) is 12.3 Å². The van der Waals surface area contributed by atoms with E-state index in [1.165, 1.54) is 6.42 Å². The molecule has 2 fully saturated rings. The summed E-state index contributed by atoms with van der Waals surface area (Å²) < 4.78 is 11.6. The molecule has 0 spiro atoms. The molecule has 3 unspecified atom stereocenters. The molecule has 2 aliphatic heterocycles. The van der Waals surface area contributed by atoms with E-state index in [1.54, 1.807) is 0 Å². The summed E-state index contributed by atoms with van der Waals surface area (Å²) in [6, 6.07) is 0. The number of allylic oxidation sites excluding steroid dienone is 1. The molecule has 116 valence electrons. The van der Waals surface area contributed by atoms with Crippen molar-refractivity contribution in [2.24, 2.45) is 0 Å². The van der Waals surface area contributed by atoms with Crippen molar-refractivity contribution in [1.82, 2.24) is 9.80 Å². The van der Waals surface area contributed by atoms with E-state index in [0.717, 1.165) is 51.4 Å². The Morgan fingerprint density at radius 3 is 2.70 bits per heavy atom. The third-order valence-corrected chi connectivity index (χ3v) is 4.19. The van der Waals surface area contributed by atoms with E-state index in [-0.39, 0.29) is 0 Å². The van der Waals surface area contributed by atoms with Gasteiger partial charge in [0.05, 0.1) is 24.9 Å². The second-order valence-electron chi connectivity index (χ2n) is 6.33. The van der Waals surface area contributed by atoms with E-state index in [4.69, 9.17) is 9.47 Å². The largest absolute Gasteiger partial charge is 0.376 e. The minimum Gasteiger partial charge on any atom is -0.376 e. The van der Waals surface area contributed by atoms with Gasteiger partial charge in [-0.25, -0.2) is 0 Å². The Balaban J connectivity index is 1.69. The van der Waals surface area contributed by atoms with Crippen LogP contribution in [0.3, 0.4) is 0 Å². The lowest BCUT2D eigenvalue weighted by atomic mass is 10.1. The third-order valence-electron chi connectivity index (χ3n) is 4.19. The van der Waals surface area contributed by atoms with Gasteiger partial charge in [0.15, 0.2) is 0 Å². The SMILES string of the molecule is C=C(C)N1CC(C)OC(CCCN2CCOC(C)C2)C1. The summed E-state index contributed by atoms with van der Waals surface area (Å²) in [6.45, 7) is 16.6. The van der Waals surface area contributed by atoms with Crippen molar-refractivity contribution in [3.63, 3.8) is 0 Å². The van der Waals surface area contributed by atoms with Crippen LogP contribution < -0.4 is 0 Å². The molecule has 20 heavy (non-hydrogen) atoms. The van der Waals surface area contributed by atoms with Crippen molar-refractivity contribution in [3.05, 3.63) is 12.3 Å². The zero-order valence-electron chi connectivity index (χ0n) is 13.3. The van der Waals surface area contributed by atoms with Crippen LogP contribution >= 0.6 is 0 Å². The fraction of sp³-hybridized carbons (Fsp3) is 0.875. The maximum Gasteiger partial charge on any atom is 0.0754 e. The highest BCUT2D eigenvalue weighted by atomic mass is 16.5. The highest BCUT2D eigenvalue weighted by molar-refractivity contribution is 4.93. The van der Waals surface area contributed by atoms with E-state index in [2.05, 4.69) is 37.1 Å². The predicted octanol–water partition coefficient (Wildman–Crippen LogP) is 2.11. The van der Waals surface area contributed by atoms with Crippen LogP contribution in [-0.2, 0) is 9.47 Å². The second kappa shape index (κ2) is 7.43. The number of nitrogens with zero attached hydrogens (tertiary/aromatic N) is 2. The molecular formula is C16H30N2O2. The van der Waals surface area contributed by atoms with Crippen LogP contribution in [0.1, 0.15) is 33.6 Å². The minimum atomic E-state index is 0.314. The van der Waals surface area contributed by atoms with Crippen LogP contribution in [0.4, 0.5) is 0 Å². The monoisotopic (exact) mass is 282 g/mol. The average Bonchev–Trinajstić information content (AvgIpc) is 2.38. The van der Waals surface area contributed by atoms with Gasteiger partial charge in [-0.05, 0) is 40.2 Å². The number of morpholine rings is 2. The highest BCUT2D eigenvalue weighted by Gasteiger charge is 2.25. The lowest BCUT2D eigenvalue weighted by Crippen LogP contribution is -2.46. The maximum absolute atomic E-state index is 6.05. The fourth-order valence-electron chi connectivity index (χ4n) is 3.15. The van der Waals surface area contributed by atoms with E-state index >= 15 is 0 Å². The Labute approximate surface area is 123 Å². The Hall–Kier alpha value is -0.580. The van der Waals surface area contributed by atoms with Crippen LogP contribution in [-0.4, -0.2) is 67.4 Å². The molecule has 2 rings (SSSR count). The molecule has 0 saturated carbocycles. The topological polar surface area (TPSA) is 24.9 Å². The minimum absolute atomic E-state index is 0.314. The van der Waals surface area contributed by atoms with Gasteiger partial charge in [-0.3, -0.25) is 4.90 Å². The number of rotatable bonds is 5. The molecule has 0 aliphatic carbocycles. The molecule has 0 bridgehead atoms. The normalized spacial score (nSPS) is 32.4. The van der Waals surface area contributed by atoms with Crippen LogP contribution in [0, 0.1) is 0 Å². The van der Waals surface area contributed by atoms with Crippen molar-refractivity contribution < 1.29 is 9.47 Å². The van der Waals surface area contributed by atoms with Gasteiger partial charge in [0, 0.05) is 31.9 Å². The average molecular weight is 282 g/mol. The van der Waals surface area contributed by atoms with Gasteiger partial charge in [-0.2, -0.15) is 0 Å². The molecule has 2 saturated heterocycles. The smallest absolute Gasteiger partial charge is 0.0754 e.